The molecule has 10 nitrogen and oxygen atoms in total. The molecule has 0 fully saturated rings. The topological polar surface area (TPSA) is 140 Å². The van der Waals surface area contributed by atoms with Crippen LogP contribution in [0.15, 0.2) is 66.1 Å². The lowest BCUT2D eigenvalue weighted by atomic mass is 10.2. The molecule has 3 amide bonds. The van der Waals surface area contributed by atoms with Gasteiger partial charge in [0.15, 0.2) is 6.61 Å². The van der Waals surface area contributed by atoms with Gasteiger partial charge in [0.1, 0.15) is 5.75 Å². The lowest BCUT2D eigenvalue weighted by molar-refractivity contribution is -0.123. The summed E-state index contributed by atoms with van der Waals surface area (Å²) in [6, 6.07) is 10.6. The van der Waals surface area contributed by atoms with Crippen molar-refractivity contribution in [2.45, 2.75) is 4.90 Å². The van der Waals surface area contributed by atoms with E-state index in [1.807, 2.05) is 5.32 Å². The Bertz CT molecular complexity index is 1070. The number of nitrogens with one attached hydrogen (secondary N) is 3. The van der Waals surface area contributed by atoms with Gasteiger partial charge in [0, 0.05) is 12.2 Å². The minimum Gasteiger partial charge on any atom is -0.497 e. The first-order valence-corrected chi connectivity index (χ1v) is 10.4. The summed E-state index contributed by atoms with van der Waals surface area (Å²) < 4.78 is 37.4. The number of esters is 1. The van der Waals surface area contributed by atoms with Crippen LogP contribution in [-0.2, 0) is 19.6 Å². The molecule has 0 heterocycles. The van der Waals surface area contributed by atoms with Crippen molar-refractivity contribution in [3.05, 3.63) is 66.7 Å². The number of carbonyl (C=O) groups is 3. The van der Waals surface area contributed by atoms with Crippen LogP contribution in [0.5, 0.6) is 5.75 Å². The Morgan fingerprint density at radius 1 is 1.10 bits per heavy atom. The molecule has 0 aliphatic heterocycles. The molecular weight excluding hydrogens is 426 g/mol. The van der Waals surface area contributed by atoms with Crippen LogP contribution in [0.4, 0.5) is 10.5 Å². The van der Waals surface area contributed by atoms with E-state index in [1.165, 1.54) is 43.5 Å². The van der Waals surface area contributed by atoms with Gasteiger partial charge in [-0.25, -0.2) is 18.0 Å². The van der Waals surface area contributed by atoms with E-state index >= 15 is 0 Å². The van der Waals surface area contributed by atoms with Crippen LogP contribution in [0, 0.1) is 0 Å². The van der Waals surface area contributed by atoms with Crippen molar-refractivity contribution in [2.75, 3.05) is 25.0 Å². The van der Waals surface area contributed by atoms with Crippen molar-refractivity contribution in [2.24, 2.45) is 0 Å². The van der Waals surface area contributed by atoms with Gasteiger partial charge in [0.05, 0.1) is 17.6 Å². The first kappa shape index (κ1) is 23.4. The number of ether oxygens (including phenoxy) is 2. The molecule has 3 N–H and O–H groups in total. The molecule has 0 saturated carbocycles. The summed E-state index contributed by atoms with van der Waals surface area (Å²) in [6.07, 6.45) is 1.43. The molecule has 0 atom stereocenters. The van der Waals surface area contributed by atoms with Gasteiger partial charge >= 0.3 is 12.0 Å². The lowest BCUT2D eigenvalue weighted by Gasteiger charge is -2.10. The molecular formula is C20H21N3O7S. The molecule has 2 rings (SSSR count). The highest BCUT2D eigenvalue weighted by molar-refractivity contribution is 7.92. The molecule has 0 aromatic heterocycles. The van der Waals surface area contributed by atoms with E-state index in [1.54, 1.807) is 12.1 Å². The first-order chi connectivity index (χ1) is 14.7. The van der Waals surface area contributed by atoms with Crippen LogP contribution in [0.3, 0.4) is 0 Å². The minimum atomic E-state index is -3.98. The fraction of sp³-hybridized carbons (Fsp3) is 0.150. The van der Waals surface area contributed by atoms with Gasteiger partial charge in [-0.1, -0.05) is 12.1 Å². The second kappa shape index (κ2) is 10.8. The summed E-state index contributed by atoms with van der Waals surface area (Å²) in [4.78, 5) is 35.0. The monoisotopic (exact) mass is 447 g/mol. The number of sulfonamides is 1. The highest BCUT2D eigenvalue weighted by atomic mass is 32.2. The largest absolute Gasteiger partial charge is 0.497 e. The van der Waals surface area contributed by atoms with Crippen LogP contribution in [0.2, 0.25) is 0 Å². The summed E-state index contributed by atoms with van der Waals surface area (Å²) in [7, 11) is -2.49. The molecule has 0 radical (unpaired) electrons. The smallest absolute Gasteiger partial charge is 0.338 e. The normalized spacial score (nSPS) is 10.5. The fourth-order valence-corrected chi connectivity index (χ4v) is 3.35. The number of benzene rings is 2. The molecule has 0 aliphatic rings. The Morgan fingerprint density at radius 3 is 2.45 bits per heavy atom. The SMILES string of the molecule is C=CCNC(=O)NC(=O)COC(=O)c1cccc(S(=O)(=O)Nc2ccc(OC)cc2)c1. The van der Waals surface area contributed by atoms with Crippen LogP contribution < -0.4 is 20.1 Å². The third kappa shape index (κ3) is 7.16. The Hall–Kier alpha value is -3.86. The second-order valence-corrected chi connectivity index (χ2v) is 7.67. The van der Waals surface area contributed by atoms with Gasteiger partial charge in [-0.15, -0.1) is 6.58 Å². The van der Waals surface area contributed by atoms with Crippen LogP contribution in [0.25, 0.3) is 0 Å². The maximum atomic E-state index is 12.6. The zero-order valence-corrected chi connectivity index (χ0v) is 17.4. The molecule has 0 unspecified atom stereocenters. The number of hydrogen-bond donors (Lipinski definition) is 3. The molecule has 11 heteroatoms. The number of anilines is 1. The highest BCUT2D eigenvalue weighted by Crippen LogP contribution is 2.20. The molecule has 0 saturated heterocycles. The summed E-state index contributed by atoms with van der Waals surface area (Å²) in [5, 5.41) is 4.29. The van der Waals surface area contributed by atoms with Crippen molar-refractivity contribution in [3.8, 4) is 5.75 Å². The second-order valence-electron chi connectivity index (χ2n) is 5.98. The molecule has 0 spiro atoms. The maximum absolute atomic E-state index is 12.6. The van der Waals surface area contributed by atoms with Gasteiger partial charge in [-0.2, -0.15) is 0 Å². The van der Waals surface area contributed by atoms with Crippen molar-refractivity contribution in [1.82, 2.24) is 10.6 Å². The molecule has 2 aromatic rings. The first-order valence-electron chi connectivity index (χ1n) is 8.88. The van der Waals surface area contributed by atoms with E-state index in [2.05, 4.69) is 16.6 Å². The average Bonchev–Trinajstić information content (AvgIpc) is 2.76. The number of urea groups is 1. The van der Waals surface area contributed by atoms with Gasteiger partial charge < -0.3 is 14.8 Å². The predicted octanol–water partition coefficient (Wildman–Crippen LogP) is 1.66. The number of rotatable bonds is 9. The van der Waals surface area contributed by atoms with E-state index in [0.717, 1.165) is 6.07 Å². The van der Waals surface area contributed by atoms with Crippen LogP contribution >= 0.6 is 0 Å². The number of hydrogen-bond acceptors (Lipinski definition) is 7. The van der Waals surface area contributed by atoms with Gasteiger partial charge in [-0.3, -0.25) is 14.8 Å². The van der Waals surface area contributed by atoms with Gasteiger partial charge in [0.25, 0.3) is 15.9 Å². The van der Waals surface area contributed by atoms with E-state index in [-0.39, 0.29) is 17.0 Å². The Kier molecular flexibility index (Phi) is 8.15. The van der Waals surface area contributed by atoms with Crippen molar-refractivity contribution >= 4 is 33.6 Å². The van der Waals surface area contributed by atoms with E-state index in [9.17, 15) is 22.8 Å². The highest BCUT2D eigenvalue weighted by Gasteiger charge is 2.18. The standard InChI is InChI=1S/C20H21N3O7S/c1-3-11-21-20(26)22-18(24)13-30-19(25)14-5-4-6-17(12-14)31(27,28)23-15-7-9-16(29-2)10-8-15/h3-10,12,23H,1,11,13H2,2H3,(H2,21,22,24,26). The number of carbonyl (C=O) groups excluding carboxylic acids is 3. The minimum absolute atomic E-state index is 0.0819. The summed E-state index contributed by atoms with van der Waals surface area (Å²) in [6.45, 7) is 2.85. The van der Waals surface area contributed by atoms with Crippen LogP contribution in [0.1, 0.15) is 10.4 Å². The van der Waals surface area contributed by atoms with Crippen molar-refractivity contribution in [3.63, 3.8) is 0 Å². The molecule has 164 valence electrons. The molecule has 2 aromatic carbocycles. The number of amides is 3. The maximum Gasteiger partial charge on any atom is 0.338 e. The fourth-order valence-electron chi connectivity index (χ4n) is 2.25. The van der Waals surface area contributed by atoms with Crippen molar-refractivity contribution in [1.29, 1.82) is 0 Å². The summed E-state index contributed by atoms with van der Waals surface area (Å²) >= 11 is 0. The predicted molar refractivity (Wildman–Crippen MR) is 112 cm³/mol. The summed E-state index contributed by atoms with van der Waals surface area (Å²) in [5.74, 6) is -1.21. The lowest BCUT2D eigenvalue weighted by Crippen LogP contribution is -2.41. The Balaban J connectivity index is 2.01. The van der Waals surface area contributed by atoms with Crippen molar-refractivity contribution < 1.29 is 32.3 Å². The quantitative estimate of drug-likeness (QED) is 0.392. The molecule has 0 aliphatic carbocycles. The average molecular weight is 447 g/mol. The third-order valence-electron chi connectivity index (χ3n) is 3.72. The van der Waals surface area contributed by atoms with Gasteiger partial charge in [-0.05, 0) is 42.5 Å². The van der Waals surface area contributed by atoms with Crippen LogP contribution in [-0.4, -0.2) is 46.6 Å². The number of imide groups is 1. The van der Waals surface area contributed by atoms with E-state index in [0.29, 0.717) is 11.4 Å². The summed E-state index contributed by atoms with van der Waals surface area (Å²) in [5.41, 5.74) is 0.224. The van der Waals surface area contributed by atoms with E-state index in [4.69, 9.17) is 9.47 Å². The van der Waals surface area contributed by atoms with E-state index < -0.39 is 34.5 Å². The Morgan fingerprint density at radius 2 is 1.81 bits per heavy atom. The Labute approximate surface area is 179 Å². The third-order valence-corrected chi connectivity index (χ3v) is 5.10. The zero-order chi connectivity index (χ0) is 22.9. The van der Waals surface area contributed by atoms with Gasteiger partial charge in [0.2, 0.25) is 0 Å². The molecule has 31 heavy (non-hydrogen) atoms. The number of methoxy groups -OCH3 is 1. The molecule has 0 bridgehead atoms. The zero-order valence-electron chi connectivity index (χ0n) is 16.6.